The first-order valence-electron chi connectivity index (χ1n) is 6.87. The number of benzene rings is 1. The summed E-state index contributed by atoms with van der Waals surface area (Å²) in [5.41, 5.74) is 0.658. The molecule has 1 amide bonds. The lowest BCUT2D eigenvalue weighted by Crippen LogP contribution is -2.38. The minimum atomic E-state index is -0.0934. The second kappa shape index (κ2) is 8.70. The minimum Gasteiger partial charge on any atom is -0.277 e. The molecule has 0 heterocycles. The molecule has 0 atom stereocenters. The Hall–Kier alpha value is -1.35. The highest BCUT2D eigenvalue weighted by Crippen LogP contribution is 2.07. The first-order chi connectivity index (χ1) is 8.75. The molecule has 1 rings (SSSR count). The SMILES string of the molecule is CCCCCCCCN(N)C(=O)c1ccccc1. The predicted molar refractivity (Wildman–Crippen MR) is 75.0 cm³/mol. The summed E-state index contributed by atoms with van der Waals surface area (Å²) >= 11 is 0. The molecule has 3 nitrogen and oxygen atoms in total. The van der Waals surface area contributed by atoms with E-state index in [9.17, 15) is 4.79 Å². The maximum absolute atomic E-state index is 11.9. The van der Waals surface area contributed by atoms with Crippen LogP contribution in [0.2, 0.25) is 0 Å². The van der Waals surface area contributed by atoms with Gasteiger partial charge in [-0.25, -0.2) is 5.84 Å². The number of nitrogens with zero attached hydrogens (tertiary/aromatic N) is 1. The number of carbonyl (C=O) groups excluding carboxylic acids is 1. The zero-order valence-electron chi connectivity index (χ0n) is 11.3. The van der Waals surface area contributed by atoms with Crippen molar-refractivity contribution in [1.82, 2.24) is 5.01 Å². The molecule has 0 bridgehead atoms. The minimum absolute atomic E-state index is 0.0934. The number of rotatable bonds is 8. The molecular weight excluding hydrogens is 224 g/mol. The number of hydrogen-bond acceptors (Lipinski definition) is 2. The standard InChI is InChI=1S/C15H24N2O/c1-2-3-4-5-6-10-13-17(16)15(18)14-11-8-7-9-12-14/h7-9,11-12H,2-6,10,13,16H2,1H3. The normalized spacial score (nSPS) is 10.3. The molecule has 0 aliphatic rings. The Kier molecular flexibility index (Phi) is 7.11. The summed E-state index contributed by atoms with van der Waals surface area (Å²) in [6.07, 6.45) is 7.22. The van der Waals surface area contributed by atoms with Crippen molar-refractivity contribution in [3.8, 4) is 0 Å². The van der Waals surface area contributed by atoms with Crippen LogP contribution in [-0.4, -0.2) is 17.5 Å². The zero-order chi connectivity index (χ0) is 13.2. The van der Waals surface area contributed by atoms with Crippen LogP contribution in [0.5, 0.6) is 0 Å². The second-order valence-corrected chi connectivity index (χ2v) is 4.63. The van der Waals surface area contributed by atoms with Crippen LogP contribution in [0.4, 0.5) is 0 Å². The molecule has 0 aliphatic heterocycles. The van der Waals surface area contributed by atoms with Crippen LogP contribution in [0, 0.1) is 0 Å². The Labute approximate surface area is 110 Å². The van der Waals surface area contributed by atoms with Crippen LogP contribution in [-0.2, 0) is 0 Å². The first kappa shape index (κ1) is 14.7. The van der Waals surface area contributed by atoms with Gasteiger partial charge in [0, 0.05) is 12.1 Å². The van der Waals surface area contributed by atoms with Gasteiger partial charge in [0.1, 0.15) is 0 Å². The van der Waals surface area contributed by atoms with Crippen molar-refractivity contribution < 1.29 is 4.79 Å². The summed E-state index contributed by atoms with van der Waals surface area (Å²) in [6, 6.07) is 9.19. The van der Waals surface area contributed by atoms with Gasteiger partial charge in [-0.2, -0.15) is 0 Å². The van der Waals surface area contributed by atoms with E-state index in [-0.39, 0.29) is 5.91 Å². The van der Waals surface area contributed by atoms with Gasteiger partial charge in [0.05, 0.1) is 0 Å². The van der Waals surface area contributed by atoms with Crippen molar-refractivity contribution in [2.24, 2.45) is 5.84 Å². The lowest BCUT2D eigenvalue weighted by atomic mass is 10.1. The Balaban J connectivity index is 2.20. The predicted octanol–water partition coefficient (Wildman–Crippen LogP) is 3.36. The van der Waals surface area contributed by atoms with Gasteiger partial charge in [0.15, 0.2) is 0 Å². The summed E-state index contributed by atoms with van der Waals surface area (Å²) in [4.78, 5) is 11.9. The van der Waals surface area contributed by atoms with Crippen molar-refractivity contribution in [3.05, 3.63) is 35.9 Å². The van der Waals surface area contributed by atoms with Gasteiger partial charge in [-0.1, -0.05) is 57.2 Å². The van der Waals surface area contributed by atoms with Gasteiger partial charge in [0.25, 0.3) is 5.91 Å². The average Bonchev–Trinajstić information content (AvgIpc) is 2.42. The molecule has 0 saturated heterocycles. The zero-order valence-corrected chi connectivity index (χ0v) is 11.3. The van der Waals surface area contributed by atoms with Crippen LogP contribution in [0.3, 0.4) is 0 Å². The van der Waals surface area contributed by atoms with E-state index in [1.807, 2.05) is 18.2 Å². The fraction of sp³-hybridized carbons (Fsp3) is 0.533. The molecule has 1 aromatic carbocycles. The van der Waals surface area contributed by atoms with Crippen molar-refractivity contribution >= 4 is 5.91 Å². The maximum Gasteiger partial charge on any atom is 0.267 e. The molecular formula is C15H24N2O. The summed E-state index contributed by atoms with van der Waals surface area (Å²) < 4.78 is 0. The number of hydrazine groups is 1. The van der Waals surface area contributed by atoms with E-state index in [0.29, 0.717) is 12.1 Å². The van der Waals surface area contributed by atoms with E-state index in [4.69, 9.17) is 5.84 Å². The Morgan fingerprint density at radius 2 is 1.67 bits per heavy atom. The molecule has 3 heteroatoms. The Morgan fingerprint density at radius 1 is 1.06 bits per heavy atom. The van der Waals surface area contributed by atoms with Crippen molar-refractivity contribution in [2.75, 3.05) is 6.54 Å². The molecule has 1 aromatic rings. The lowest BCUT2D eigenvalue weighted by Gasteiger charge is -2.16. The quantitative estimate of drug-likeness (QED) is 0.332. The largest absolute Gasteiger partial charge is 0.277 e. The summed E-state index contributed by atoms with van der Waals surface area (Å²) in [7, 11) is 0. The molecule has 18 heavy (non-hydrogen) atoms. The molecule has 0 aliphatic carbocycles. The molecule has 0 saturated carbocycles. The molecule has 100 valence electrons. The first-order valence-corrected chi connectivity index (χ1v) is 6.87. The third-order valence-electron chi connectivity index (χ3n) is 3.03. The van der Waals surface area contributed by atoms with Gasteiger partial charge < -0.3 is 0 Å². The molecule has 0 aromatic heterocycles. The van der Waals surface area contributed by atoms with E-state index in [0.717, 1.165) is 12.8 Å². The fourth-order valence-corrected chi connectivity index (χ4v) is 1.91. The third kappa shape index (κ3) is 5.32. The van der Waals surface area contributed by atoms with E-state index in [1.165, 1.54) is 30.7 Å². The lowest BCUT2D eigenvalue weighted by molar-refractivity contribution is 0.0752. The van der Waals surface area contributed by atoms with Crippen LogP contribution in [0.1, 0.15) is 55.8 Å². The second-order valence-electron chi connectivity index (χ2n) is 4.63. The van der Waals surface area contributed by atoms with E-state index in [2.05, 4.69) is 6.92 Å². The molecule has 0 fully saturated rings. The number of amides is 1. The van der Waals surface area contributed by atoms with E-state index in [1.54, 1.807) is 12.1 Å². The van der Waals surface area contributed by atoms with Crippen molar-refractivity contribution in [3.63, 3.8) is 0 Å². The van der Waals surface area contributed by atoms with Crippen LogP contribution in [0.15, 0.2) is 30.3 Å². The average molecular weight is 248 g/mol. The van der Waals surface area contributed by atoms with Gasteiger partial charge in [-0.15, -0.1) is 0 Å². The van der Waals surface area contributed by atoms with Crippen LogP contribution in [0.25, 0.3) is 0 Å². The third-order valence-corrected chi connectivity index (χ3v) is 3.03. The monoisotopic (exact) mass is 248 g/mol. The number of hydrogen-bond donors (Lipinski definition) is 1. The molecule has 0 radical (unpaired) electrons. The Bertz CT molecular complexity index is 338. The summed E-state index contributed by atoms with van der Waals surface area (Å²) in [6.45, 7) is 2.85. The topological polar surface area (TPSA) is 46.3 Å². The number of nitrogens with two attached hydrogens (primary N) is 1. The summed E-state index contributed by atoms with van der Waals surface area (Å²) in [5.74, 6) is 5.68. The molecule has 0 spiro atoms. The van der Waals surface area contributed by atoms with E-state index >= 15 is 0 Å². The highest BCUT2D eigenvalue weighted by atomic mass is 16.2. The highest BCUT2D eigenvalue weighted by Gasteiger charge is 2.10. The molecule has 0 unspecified atom stereocenters. The smallest absolute Gasteiger partial charge is 0.267 e. The van der Waals surface area contributed by atoms with Crippen LogP contribution >= 0.6 is 0 Å². The van der Waals surface area contributed by atoms with Crippen LogP contribution < -0.4 is 5.84 Å². The van der Waals surface area contributed by atoms with Crippen molar-refractivity contribution in [1.29, 1.82) is 0 Å². The summed E-state index contributed by atoms with van der Waals surface area (Å²) in [5, 5.41) is 1.33. The van der Waals surface area contributed by atoms with E-state index < -0.39 is 0 Å². The number of carbonyl (C=O) groups is 1. The molecule has 2 N–H and O–H groups in total. The van der Waals surface area contributed by atoms with Gasteiger partial charge in [-0.3, -0.25) is 9.80 Å². The Morgan fingerprint density at radius 3 is 2.33 bits per heavy atom. The number of unbranched alkanes of at least 4 members (excludes halogenated alkanes) is 5. The van der Waals surface area contributed by atoms with Gasteiger partial charge in [-0.05, 0) is 18.6 Å². The maximum atomic E-state index is 11.9. The van der Waals surface area contributed by atoms with Crippen molar-refractivity contribution in [2.45, 2.75) is 45.4 Å². The van der Waals surface area contributed by atoms with Gasteiger partial charge in [0.2, 0.25) is 0 Å². The van der Waals surface area contributed by atoms with Gasteiger partial charge >= 0.3 is 0 Å². The highest BCUT2D eigenvalue weighted by molar-refractivity contribution is 5.93. The fourth-order valence-electron chi connectivity index (χ4n) is 1.91.